The summed E-state index contributed by atoms with van der Waals surface area (Å²) in [5, 5.41) is 6.74. The first-order valence-electron chi connectivity index (χ1n) is 15.2. The third-order valence-electron chi connectivity index (χ3n) is 10.5. The highest BCUT2D eigenvalue weighted by Gasteiger charge is 2.48. The molecule has 0 fully saturated rings. The molecule has 0 aliphatic carbocycles. The smallest absolute Gasteiger partial charge is 0.333 e. The summed E-state index contributed by atoms with van der Waals surface area (Å²) in [4.78, 5) is 4.00. The lowest BCUT2D eigenvalue weighted by Gasteiger charge is -2.48. The summed E-state index contributed by atoms with van der Waals surface area (Å²) in [7, 11) is 0. The molecule has 3 aliphatic heterocycles. The third-order valence-corrected chi connectivity index (χ3v) is 11.7. The lowest BCUT2D eigenvalue weighted by atomic mass is 9.44. The molecule has 0 bridgehead atoms. The van der Waals surface area contributed by atoms with Gasteiger partial charge in [-0.2, -0.15) is 0 Å². The second-order valence-electron chi connectivity index (χ2n) is 12.9. The van der Waals surface area contributed by atoms with Crippen molar-refractivity contribution < 1.29 is 0 Å². The summed E-state index contributed by atoms with van der Waals surface area (Å²) in [5.74, 6) is 0. The van der Waals surface area contributed by atoms with Crippen LogP contribution in [0.2, 0.25) is 0 Å². The van der Waals surface area contributed by atoms with Crippen molar-refractivity contribution in [3.8, 4) is 11.1 Å². The lowest BCUT2D eigenvalue weighted by Crippen LogP contribution is -2.58. The van der Waals surface area contributed by atoms with Gasteiger partial charge in [0.15, 0.2) is 0 Å². The molecule has 2 nitrogen and oxygen atoms in total. The molecular weight excluding hydrogens is 539 g/mol. The largest absolute Gasteiger partial charge is 0.367 e. The molecule has 200 valence electrons. The molecule has 0 N–H and O–H groups in total. The monoisotopic (exact) mass is 564 g/mol. The van der Waals surface area contributed by atoms with Crippen molar-refractivity contribution in [2.24, 2.45) is 0 Å². The van der Waals surface area contributed by atoms with E-state index < -0.39 is 0 Å². The average molecular weight is 565 g/mol. The predicted octanol–water partition coefficient (Wildman–Crippen LogP) is 9.22. The number of benzene rings is 6. The molecule has 3 aliphatic rings. The molecule has 6 aromatic carbocycles. The Labute approximate surface area is 253 Å². The van der Waals surface area contributed by atoms with Crippen LogP contribution in [0.3, 0.4) is 0 Å². The number of rotatable bonds is 0. The molecular formula is C39H25BN2S. The Bertz CT molecular complexity index is 2570. The summed E-state index contributed by atoms with van der Waals surface area (Å²) in [6.07, 6.45) is 0. The van der Waals surface area contributed by atoms with Gasteiger partial charge in [-0.25, -0.2) is 0 Å². The first kappa shape index (κ1) is 22.8. The minimum absolute atomic E-state index is 0.0878. The summed E-state index contributed by atoms with van der Waals surface area (Å²) < 4.78 is 4.07. The standard InChI is InChI=1S/C39H25BN2S/c1-39(2)28-16-6-7-19-31(28)41-36-23-12-4-3-11-22(23)21-27-24-14-9-15-26-33-25-13-5-8-20-32(25)43-38(33)42(35(24)26)40(34(27)36)30-18-10-17-29(39)37(30)41/h3-21H,1-2H3. The number of thiophene rings is 1. The van der Waals surface area contributed by atoms with Crippen LogP contribution in [0.4, 0.5) is 17.1 Å². The van der Waals surface area contributed by atoms with Gasteiger partial charge in [-0.05, 0) is 51.2 Å². The van der Waals surface area contributed by atoms with Crippen LogP contribution in [-0.4, -0.2) is 11.3 Å². The van der Waals surface area contributed by atoms with Gasteiger partial charge >= 0.3 is 6.85 Å². The van der Waals surface area contributed by atoms with Crippen LogP contribution in [0.5, 0.6) is 0 Å². The molecule has 11 rings (SSSR count). The fourth-order valence-corrected chi connectivity index (χ4v) is 10.0. The van der Waals surface area contributed by atoms with E-state index in [0.717, 1.165) is 0 Å². The first-order chi connectivity index (χ1) is 21.1. The highest BCUT2D eigenvalue weighted by atomic mass is 32.1. The average Bonchev–Trinajstić information content (AvgIpc) is 3.58. The molecule has 5 heterocycles. The van der Waals surface area contributed by atoms with E-state index >= 15 is 0 Å². The number of anilines is 3. The normalized spacial score (nSPS) is 15.3. The zero-order valence-corrected chi connectivity index (χ0v) is 24.7. The van der Waals surface area contributed by atoms with E-state index in [4.69, 9.17) is 0 Å². The highest BCUT2D eigenvalue weighted by Crippen LogP contribution is 2.55. The third kappa shape index (κ3) is 2.49. The van der Waals surface area contributed by atoms with Crippen molar-refractivity contribution in [2.75, 3.05) is 4.90 Å². The predicted molar refractivity (Wildman–Crippen MR) is 185 cm³/mol. The van der Waals surface area contributed by atoms with Gasteiger partial charge in [0, 0.05) is 48.4 Å². The van der Waals surface area contributed by atoms with Crippen LogP contribution in [-0.2, 0) is 5.41 Å². The number of nitrogens with zero attached hydrogens (tertiary/aromatic N) is 2. The molecule has 8 aromatic rings. The molecule has 4 heteroatoms. The minimum Gasteiger partial charge on any atom is -0.367 e. The van der Waals surface area contributed by atoms with Crippen LogP contribution in [0.1, 0.15) is 25.0 Å². The maximum absolute atomic E-state index is 2.71. The maximum atomic E-state index is 2.71. The molecule has 0 amide bonds. The fraction of sp³-hybridized carbons (Fsp3) is 0.0769. The maximum Gasteiger partial charge on any atom is 0.333 e. The molecule has 0 atom stereocenters. The number of fused-ring (bicyclic) bond motifs is 13. The highest BCUT2D eigenvalue weighted by molar-refractivity contribution is 7.26. The first-order valence-corrected chi connectivity index (χ1v) is 16.0. The Morgan fingerprint density at radius 2 is 1.40 bits per heavy atom. The topological polar surface area (TPSA) is 8.17 Å². The molecule has 0 unspecified atom stereocenters. The van der Waals surface area contributed by atoms with Crippen LogP contribution < -0.4 is 15.8 Å². The molecule has 43 heavy (non-hydrogen) atoms. The molecule has 2 aromatic heterocycles. The zero-order chi connectivity index (χ0) is 28.2. The van der Waals surface area contributed by atoms with Gasteiger partial charge in [0.25, 0.3) is 0 Å². The molecule has 0 spiro atoms. The second kappa shape index (κ2) is 7.40. The van der Waals surface area contributed by atoms with Crippen molar-refractivity contribution in [3.63, 3.8) is 0 Å². The minimum atomic E-state index is -0.116. The summed E-state index contributed by atoms with van der Waals surface area (Å²) in [6, 6.07) is 43.5. The van der Waals surface area contributed by atoms with Gasteiger partial charge < -0.3 is 9.38 Å². The van der Waals surface area contributed by atoms with E-state index in [1.165, 1.54) is 92.2 Å². The lowest BCUT2D eigenvalue weighted by molar-refractivity contribution is 0.632. The quantitative estimate of drug-likeness (QED) is 0.167. The number of hydrogen-bond acceptors (Lipinski definition) is 2. The summed E-state index contributed by atoms with van der Waals surface area (Å²) in [6.45, 7) is 4.89. The van der Waals surface area contributed by atoms with Gasteiger partial charge in [-0.3, -0.25) is 0 Å². The number of aromatic nitrogens is 1. The van der Waals surface area contributed by atoms with E-state index in [0.29, 0.717) is 0 Å². The molecule has 0 saturated heterocycles. The van der Waals surface area contributed by atoms with E-state index in [2.05, 4.69) is 138 Å². The van der Waals surface area contributed by atoms with E-state index in [9.17, 15) is 0 Å². The number of hydrogen-bond donors (Lipinski definition) is 0. The Morgan fingerprint density at radius 1 is 0.651 bits per heavy atom. The van der Waals surface area contributed by atoms with Crippen molar-refractivity contribution in [2.45, 2.75) is 19.3 Å². The second-order valence-corrected chi connectivity index (χ2v) is 13.9. The zero-order valence-electron chi connectivity index (χ0n) is 23.8. The van der Waals surface area contributed by atoms with Gasteiger partial charge in [0.2, 0.25) is 0 Å². The van der Waals surface area contributed by atoms with E-state index in [-0.39, 0.29) is 12.3 Å². The summed E-state index contributed by atoms with van der Waals surface area (Å²) in [5.41, 5.74) is 13.6. The van der Waals surface area contributed by atoms with Crippen LogP contribution in [0.15, 0.2) is 115 Å². The van der Waals surface area contributed by atoms with Crippen molar-refractivity contribution in [1.29, 1.82) is 0 Å². The van der Waals surface area contributed by atoms with Crippen molar-refractivity contribution >= 4 is 88.2 Å². The number of para-hydroxylation sites is 3. The van der Waals surface area contributed by atoms with Crippen LogP contribution in [0.25, 0.3) is 53.1 Å². The fourth-order valence-electron chi connectivity index (χ4n) is 8.77. The Hall–Kier alpha value is -4.80. The molecule has 0 saturated carbocycles. The SMILES string of the molecule is CC1(C)c2ccccc2N2c3c(cccc31)B1c3c(cc4ccccc4c32)-c2cccc3c4c5ccccc5sc4n1c23. The van der Waals surface area contributed by atoms with Gasteiger partial charge in [0.05, 0.1) is 16.2 Å². The van der Waals surface area contributed by atoms with Crippen molar-refractivity contribution in [3.05, 3.63) is 126 Å². The van der Waals surface area contributed by atoms with Crippen LogP contribution >= 0.6 is 11.3 Å². The Morgan fingerprint density at radius 3 is 2.33 bits per heavy atom. The van der Waals surface area contributed by atoms with Gasteiger partial charge in [-0.1, -0.05) is 111 Å². The van der Waals surface area contributed by atoms with Crippen molar-refractivity contribution in [1.82, 2.24) is 4.48 Å². The van der Waals surface area contributed by atoms with Gasteiger partial charge in [0.1, 0.15) is 0 Å². The van der Waals surface area contributed by atoms with E-state index in [1.54, 1.807) is 0 Å². The van der Waals surface area contributed by atoms with Crippen LogP contribution in [0, 0.1) is 0 Å². The Kier molecular flexibility index (Phi) is 3.91. The Balaban J connectivity index is 1.41. The molecule has 0 radical (unpaired) electrons. The van der Waals surface area contributed by atoms with E-state index in [1.807, 2.05) is 11.3 Å². The van der Waals surface area contributed by atoms with Gasteiger partial charge in [-0.15, -0.1) is 11.3 Å². The summed E-state index contributed by atoms with van der Waals surface area (Å²) >= 11 is 1.95.